The predicted octanol–water partition coefficient (Wildman–Crippen LogP) is 2.96. The number of hydrogen-bond acceptors (Lipinski definition) is 5. The van der Waals surface area contributed by atoms with Crippen LogP contribution in [-0.2, 0) is 7.05 Å². The minimum absolute atomic E-state index is 0.0412. The highest BCUT2D eigenvalue weighted by Crippen LogP contribution is 2.27. The molecule has 0 atom stereocenters. The number of hydrogen-bond donors (Lipinski definition) is 0. The molecule has 1 aromatic carbocycles. The van der Waals surface area contributed by atoms with Gasteiger partial charge in [0, 0.05) is 44.4 Å². The minimum atomic E-state index is -0.0412. The van der Waals surface area contributed by atoms with E-state index in [4.69, 9.17) is 16.0 Å². The van der Waals surface area contributed by atoms with Gasteiger partial charge in [-0.05, 0) is 37.1 Å². The molecule has 4 rings (SSSR count). The maximum atomic E-state index is 12.6. The van der Waals surface area contributed by atoms with E-state index in [0.717, 1.165) is 37.0 Å². The van der Waals surface area contributed by atoms with Crippen molar-refractivity contribution in [3.8, 4) is 0 Å². The average Bonchev–Trinajstić information content (AvgIpc) is 3.26. The van der Waals surface area contributed by atoms with E-state index in [1.54, 1.807) is 34.0 Å². The molecule has 1 fully saturated rings. The van der Waals surface area contributed by atoms with Crippen molar-refractivity contribution in [1.29, 1.82) is 0 Å². The lowest BCUT2D eigenvalue weighted by Gasteiger charge is -2.35. The van der Waals surface area contributed by atoms with E-state index in [0.29, 0.717) is 16.7 Å². The predicted molar refractivity (Wildman–Crippen MR) is 99.6 cm³/mol. The fourth-order valence-corrected chi connectivity index (χ4v) is 3.51. The Labute approximate surface area is 156 Å². The Balaban J connectivity index is 1.42. The number of anilines is 1. The van der Waals surface area contributed by atoms with Crippen LogP contribution in [0.2, 0.25) is 5.02 Å². The second-order valence-corrected chi connectivity index (χ2v) is 7.05. The molecule has 2 aromatic heterocycles. The van der Waals surface area contributed by atoms with Crippen molar-refractivity contribution >= 4 is 34.6 Å². The zero-order valence-corrected chi connectivity index (χ0v) is 15.5. The van der Waals surface area contributed by atoms with Gasteiger partial charge in [-0.1, -0.05) is 11.6 Å². The van der Waals surface area contributed by atoms with E-state index >= 15 is 0 Å². The standard InChI is InChI=1S/C18H20ClN5O2/c1-22-8-7-14(21-22)17(25)23(2)13-5-9-24(10-6-13)18-20-15-11-12(19)3-4-16(15)26-18/h3-4,7-8,11,13H,5-6,9-10H2,1-2H3. The van der Waals surface area contributed by atoms with Crippen LogP contribution in [0.25, 0.3) is 11.1 Å². The summed E-state index contributed by atoms with van der Waals surface area (Å²) < 4.78 is 7.48. The third-order valence-corrected chi connectivity index (χ3v) is 5.11. The molecule has 136 valence electrons. The summed E-state index contributed by atoms with van der Waals surface area (Å²) in [6, 6.07) is 7.97. The number of aryl methyl sites for hydroxylation is 1. The number of piperidine rings is 1. The fraction of sp³-hybridized carbons (Fsp3) is 0.389. The summed E-state index contributed by atoms with van der Waals surface area (Å²) in [5, 5.41) is 4.84. The van der Waals surface area contributed by atoms with Gasteiger partial charge >= 0.3 is 0 Å². The highest BCUT2D eigenvalue weighted by molar-refractivity contribution is 6.31. The number of benzene rings is 1. The molecule has 0 saturated carbocycles. The van der Waals surface area contributed by atoms with Crippen molar-refractivity contribution in [2.24, 2.45) is 7.05 Å². The number of aromatic nitrogens is 3. The summed E-state index contributed by atoms with van der Waals surface area (Å²) >= 11 is 6.01. The monoisotopic (exact) mass is 373 g/mol. The number of oxazole rings is 1. The van der Waals surface area contributed by atoms with Crippen LogP contribution < -0.4 is 4.90 Å². The Kier molecular flexibility index (Phi) is 4.32. The lowest BCUT2D eigenvalue weighted by Crippen LogP contribution is -2.45. The maximum absolute atomic E-state index is 12.6. The van der Waals surface area contributed by atoms with Crippen LogP contribution in [0.4, 0.5) is 6.01 Å². The Morgan fingerprint density at radius 3 is 2.77 bits per heavy atom. The second kappa shape index (κ2) is 6.64. The molecule has 26 heavy (non-hydrogen) atoms. The van der Waals surface area contributed by atoms with E-state index in [2.05, 4.69) is 15.0 Å². The van der Waals surface area contributed by atoms with Crippen LogP contribution in [0.1, 0.15) is 23.3 Å². The van der Waals surface area contributed by atoms with Gasteiger partial charge in [-0.25, -0.2) is 0 Å². The Hall–Kier alpha value is -2.54. The lowest BCUT2D eigenvalue weighted by molar-refractivity contribution is 0.0701. The van der Waals surface area contributed by atoms with Crippen LogP contribution in [0.15, 0.2) is 34.9 Å². The molecule has 0 N–H and O–H groups in total. The van der Waals surface area contributed by atoms with Gasteiger partial charge in [-0.3, -0.25) is 9.48 Å². The van der Waals surface area contributed by atoms with Gasteiger partial charge in [-0.2, -0.15) is 10.1 Å². The highest BCUT2D eigenvalue weighted by Gasteiger charge is 2.28. The van der Waals surface area contributed by atoms with Crippen LogP contribution in [0, 0.1) is 0 Å². The van der Waals surface area contributed by atoms with Gasteiger partial charge in [0.15, 0.2) is 5.58 Å². The average molecular weight is 374 g/mol. The number of amides is 1. The minimum Gasteiger partial charge on any atom is -0.423 e. The molecule has 3 aromatic rings. The van der Waals surface area contributed by atoms with E-state index in [-0.39, 0.29) is 11.9 Å². The number of carbonyl (C=O) groups is 1. The van der Waals surface area contributed by atoms with Crippen molar-refractivity contribution in [2.45, 2.75) is 18.9 Å². The normalized spacial score (nSPS) is 15.6. The number of fused-ring (bicyclic) bond motifs is 1. The molecule has 0 radical (unpaired) electrons. The first kappa shape index (κ1) is 16.9. The molecular weight excluding hydrogens is 354 g/mol. The maximum Gasteiger partial charge on any atom is 0.298 e. The first-order valence-electron chi connectivity index (χ1n) is 8.59. The summed E-state index contributed by atoms with van der Waals surface area (Å²) in [5.41, 5.74) is 1.97. The molecule has 8 heteroatoms. The highest BCUT2D eigenvalue weighted by atomic mass is 35.5. The van der Waals surface area contributed by atoms with Crippen molar-refractivity contribution in [3.63, 3.8) is 0 Å². The van der Waals surface area contributed by atoms with Crippen LogP contribution in [0.5, 0.6) is 0 Å². The van der Waals surface area contributed by atoms with Crippen LogP contribution in [-0.4, -0.2) is 51.8 Å². The van der Waals surface area contributed by atoms with Gasteiger partial charge in [0.1, 0.15) is 11.2 Å². The number of rotatable bonds is 3. The first-order valence-corrected chi connectivity index (χ1v) is 8.97. The molecule has 0 spiro atoms. The van der Waals surface area contributed by atoms with Crippen molar-refractivity contribution in [3.05, 3.63) is 41.2 Å². The third kappa shape index (κ3) is 3.14. The van der Waals surface area contributed by atoms with E-state index in [1.807, 2.05) is 20.2 Å². The van der Waals surface area contributed by atoms with E-state index in [9.17, 15) is 4.79 Å². The fourth-order valence-electron chi connectivity index (χ4n) is 3.34. The Morgan fingerprint density at radius 1 is 1.31 bits per heavy atom. The van der Waals surface area contributed by atoms with Gasteiger partial charge in [0.2, 0.25) is 0 Å². The van der Waals surface area contributed by atoms with Gasteiger partial charge in [0.25, 0.3) is 11.9 Å². The number of halogens is 1. The smallest absolute Gasteiger partial charge is 0.298 e. The zero-order chi connectivity index (χ0) is 18.3. The van der Waals surface area contributed by atoms with E-state index in [1.165, 1.54) is 0 Å². The SMILES string of the molecule is CN(C(=O)c1ccn(C)n1)C1CCN(c2nc3cc(Cl)ccc3o2)CC1. The van der Waals surface area contributed by atoms with Gasteiger partial charge in [0.05, 0.1) is 0 Å². The Morgan fingerprint density at radius 2 is 2.08 bits per heavy atom. The topological polar surface area (TPSA) is 67.4 Å². The molecule has 7 nitrogen and oxygen atoms in total. The summed E-state index contributed by atoms with van der Waals surface area (Å²) in [6.07, 6.45) is 3.49. The molecule has 0 unspecified atom stereocenters. The largest absolute Gasteiger partial charge is 0.423 e. The molecular formula is C18H20ClN5O2. The van der Waals surface area contributed by atoms with Gasteiger partial charge in [-0.15, -0.1) is 0 Å². The Bertz CT molecular complexity index is 942. The molecule has 3 heterocycles. The lowest BCUT2D eigenvalue weighted by atomic mass is 10.0. The van der Waals surface area contributed by atoms with Crippen LogP contribution in [0.3, 0.4) is 0 Å². The zero-order valence-electron chi connectivity index (χ0n) is 14.7. The molecule has 1 saturated heterocycles. The second-order valence-electron chi connectivity index (χ2n) is 6.62. The summed E-state index contributed by atoms with van der Waals surface area (Å²) in [5.74, 6) is -0.0412. The first-order chi connectivity index (χ1) is 12.5. The van der Waals surface area contributed by atoms with E-state index < -0.39 is 0 Å². The van der Waals surface area contributed by atoms with Crippen molar-refractivity contribution in [2.75, 3.05) is 25.0 Å². The molecule has 0 bridgehead atoms. The quantitative estimate of drug-likeness (QED) is 0.706. The number of carbonyl (C=O) groups excluding carboxylic acids is 1. The molecule has 1 aliphatic heterocycles. The molecule has 0 aliphatic carbocycles. The van der Waals surface area contributed by atoms with Crippen molar-refractivity contribution < 1.29 is 9.21 Å². The van der Waals surface area contributed by atoms with Crippen LogP contribution >= 0.6 is 11.6 Å². The molecule has 1 aliphatic rings. The summed E-state index contributed by atoms with van der Waals surface area (Å²) in [7, 11) is 3.65. The third-order valence-electron chi connectivity index (χ3n) is 4.87. The van der Waals surface area contributed by atoms with Gasteiger partial charge < -0.3 is 14.2 Å². The summed E-state index contributed by atoms with van der Waals surface area (Å²) in [4.78, 5) is 21.0. The summed E-state index contributed by atoms with van der Waals surface area (Å²) in [6.45, 7) is 1.57. The van der Waals surface area contributed by atoms with Crippen molar-refractivity contribution in [1.82, 2.24) is 19.7 Å². The number of nitrogens with zero attached hydrogens (tertiary/aromatic N) is 5. The molecule has 1 amide bonds.